The summed E-state index contributed by atoms with van der Waals surface area (Å²) in [6.45, 7) is 10.3. The van der Waals surface area contributed by atoms with Crippen molar-refractivity contribution >= 4 is 5.97 Å². The molecule has 0 aliphatic rings. The van der Waals surface area contributed by atoms with E-state index in [0.717, 1.165) is 5.56 Å². The molecule has 0 fully saturated rings. The molecule has 0 aliphatic heterocycles. The van der Waals surface area contributed by atoms with E-state index in [9.17, 15) is 4.79 Å². The number of carbonyl (C=O) groups excluding carboxylic acids is 1. The molecule has 0 spiro atoms. The van der Waals surface area contributed by atoms with Crippen LogP contribution in [0.2, 0.25) is 0 Å². The minimum absolute atomic E-state index is 0.190. The molecular formula is C17H22N2O2. The number of esters is 1. The summed E-state index contributed by atoms with van der Waals surface area (Å²) in [4.78, 5) is 12.2. The third kappa shape index (κ3) is 3.32. The second kappa shape index (κ2) is 5.72. The van der Waals surface area contributed by atoms with Crippen molar-refractivity contribution in [3.63, 3.8) is 0 Å². The van der Waals surface area contributed by atoms with Gasteiger partial charge in [0.1, 0.15) is 11.3 Å². The molecule has 4 nitrogen and oxygen atoms in total. The summed E-state index contributed by atoms with van der Waals surface area (Å²) in [6, 6.07) is 7.99. The van der Waals surface area contributed by atoms with E-state index in [0.29, 0.717) is 17.9 Å². The smallest absolute Gasteiger partial charge is 0.341 e. The molecule has 0 unspecified atom stereocenters. The first-order valence-electron chi connectivity index (χ1n) is 7.17. The van der Waals surface area contributed by atoms with Crippen LogP contribution in [-0.2, 0) is 10.3 Å². The Bertz CT molecular complexity index is 634. The molecule has 0 radical (unpaired) electrons. The van der Waals surface area contributed by atoms with Crippen LogP contribution in [0.25, 0.3) is 11.3 Å². The molecule has 0 atom stereocenters. The molecule has 1 aromatic heterocycles. The molecule has 21 heavy (non-hydrogen) atoms. The minimum atomic E-state index is -0.330. The SMILES string of the molecule is CCOC(=O)c1cn(C(C)(C)C)nc1-c1ccc(C)cc1. The van der Waals surface area contributed by atoms with Crippen molar-refractivity contribution in [1.82, 2.24) is 9.78 Å². The third-order valence-electron chi connectivity index (χ3n) is 3.22. The molecule has 1 aromatic carbocycles. The Labute approximate surface area is 125 Å². The van der Waals surface area contributed by atoms with Crippen molar-refractivity contribution in [1.29, 1.82) is 0 Å². The monoisotopic (exact) mass is 286 g/mol. The first-order chi connectivity index (χ1) is 9.82. The molecule has 2 aromatic rings. The molecule has 4 heteroatoms. The van der Waals surface area contributed by atoms with Gasteiger partial charge in [0.2, 0.25) is 0 Å². The molecule has 0 amide bonds. The maximum absolute atomic E-state index is 12.2. The van der Waals surface area contributed by atoms with E-state index in [-0.39, 0.29) is 11.5 Å². The maximum Gasteiger partial charge on any atom is 0.341 e. The molecule has 0 bridgehead atoms. The van der Waals surface area contributed by atoms with E-state index in [1.165, 1.54) is 5.56 Å². The van der Waals surface area contributed by atoms with Crippen molar-refractivity contribution in [2.24, 2.45) is 0 Å². The van der Waals surface area contributed by atoms with Crippen molar-refractivity contribution in [3.8, 4) is 11.3 Å². The van der Waals surface area contributed by atoms with Crippen LogP contribution in [-0.4, -0.2) is 22.4 Å². The predicted octanol–water partition coefficient (Wildman–Crippen LogP) is 3.79. The second-order valence-electron chi connectivity index (χ2n) is 6.09. The Morgan fingerprint density at radius 2 is 1.86 bits per heavy atom. The molecule has 1 heterocycles. The highest BCUT2D eigenvalue weighted by atomic mass is 16.5. The van der Waals surface area contributed by atoms with E-state index in [1.807, 2.05) is 56.6 Å². The number of rotatable bonds is 3. The molecule has 2 rings (SSSR count). The zero-order valence-electron chi connectivity index (χ0n) is 13.3. The Balaban J connectivity index is 2.54. The lowest BCUT2D eigenvalue weighted by Gasteiger charge is -2.18. The first kappa shape index (κ1) is 15.3. The summed E-state index contributed by atoms with van der Waals surface area (Å²) in [7, 11) is 0. The topological polar surface area (TPSA) is 44.1 Å². The number of aryl methyl sites for hydroxylation is 1. The van der Waals surface area contributed by atoms with Crippen LogP contribution in [0.15, 0.2) is 30.5 Å². The van der Waals surface area contributed by atoms with Crippen molar-refractivity contribution in [2.45, 2.75) is 40.2 Å². The lowest BCUT2D eigenvalue weighted by molar-refractivity contribution is 0.0527. The van der Waals surface area contributed by atoms with Gasteiger partial charge in [-0.2, -0.15) is 5.10 Å². The van der Waals surface area contributed by atoms with Gasteiger partial charge in [-0.05, 0) is 34.6 Å². The van der Waals surface area contributed by atoms with Gasteiger partial charge in [-0.3, -0.25) is 4.68 Å². The largest absolute Gasteiger partial charge is 0.462 e. The Morgan fingerprint density at radius 3 is 2.38 bits per heavy atom. The van der Waals surface area contributed by atoms with Gasteiger partial charge in [0.25, 0.3) is 0 Å². The van der Waals surface area contributed by atoms with Gasteiger partial charge in [0, 0.05) is 11.8 Å². The van der Waals surface area contributed by atoms with Gasteiger partial charge in [-0.25, -0.2) is 4.79 Å². The second-order valence-corrected chi connectivity index (χ2v) is 6.09. The van der Waals surface area contributed by atoms with E-state index in [4.69, 9.17) is 4.74 Å². The molecular weight excluding hydrogens is 264 g/mol. The lowest BCUT2D eigenvalue weighted by atomic mass is 10.1. The van der Waals surface area contributed by atoms with E-state index >= 15 is 0 Å². The molecule has 0 N–H and O–H groups in total. The van der Waals surface area contributed by atoms with Crippen LogP contribution in [0.5, 0.6) is 0 Å². The summed E-state index contributed by atoms with van der Waals surface area (Å²) in [5.41, 5.74) is 3.09. The number of aromatic nitrogens is 2. The standard InChI is InChI=1S/C17H22N2O2/c1-6-21-16(20)14-11-19(17(3,4)5)18-15(14)13-9-7-12(2)8-10-13/h7-11H,6H2,1-5H3. The van der Waals surface area contributed by atoms with Gasteiger partial charge in [0.15, 0.2) is 0 Å². The van der Waals surface area contributed by atoms with Gasteiger partial charge < -0.3 is 4.74 Å². The summed E-state index contributed by atoms with van der Waals surface area (Å²) < 4.78 is 6.96. The number of benzene rings is 1. The predicted molar refractivity (Wildman–Crippen MR) is 83.4 cm³/mol. The highest BCUT2D eigenvalue weighted by molar-refractivity contribution is 5.96. The average Bonchev–Trinajstić information content (AvgIpc) is 2.85. The average molecular weight is 286 g/mol. The summed E-state index contributed by atoms with van der Waals surface area (Å²) in [5.74, 6) is -0.330. The van der Waals surface area contributed by atoms with E-state index < -0.39 is 0 Å². The summed E-state index contributed by atoms with van der Waals surface area (Å²) in [6.07, 6.45) is 1.77. The Kier molecular flexibility index (Phi) is 4.16. The summed E-state index contributed by atoms with van der Waals surface area (Å²) >= 11 is 0. The fraction of sp³-hybridized carbons (Fsp3) is 0.412. The van der Waals surface area contributed by atoms with Crippen molar-refractivity contribution in [2.75, 3.05) is 6.61 Å². The van der Waals surface area contributed by atoms with Crippen molar-refractivity contribution < 1.29 is 9.53 Å². The fourth-order valence-corrected chi connectivity index (χ4v) is 2.00. The minimum Gasteiger partial charge on any atom is -0.462 e. The van der Waals surface area contributed by atoms with Gasteiger partial charge >= 0.3 is 5.97 Å². The van der Waals surface area contributed by atoms with Crippen LogP contribution in [0.1, 0.15) is 43.6 Å². The zero-order chi connectivity index (χ0) is 15.6. The van der Waals surface area contributed by atoms with Gasteiger partial charge in [0.05, 0.1) is 12.1 Å². The van der Waals surface area contributed by atoms with Crippen LogP contribution >= 0.6 is 0 Å². The van der Waals surface area contributed by atoms with Gasteiger partial charge in [-0.1, -0.05) is 29.8 Å². The quantitative estimate of drug-likeness (QED) is 0.806. The number of ether oxygens (including phenoxy) is 1. The van der Waals surface area contributed by atoms with Crippen molar-refractivity contribution in [3.05, 3.63) is 41.6 Å². The van der Waals surface area contributed by atoms with Crippen LogP contribution in [0, 0.1) is 6.92 Å². The molecule has 112 valence electrons. The number of hydrogen-bond acceptors (Lipinski definition) is 3. The fourth-order valence-electron chi connectivity index (χ4n) is 2.00. The van der Waals surface area contributed by atoms with Crippen LogP contribution < -0.4 is 0 Å². The highest BCUT2D eigenvalue weighted by Gasteiger charge is 2.23. The van der Waals surface area contributed by atoms with Crippen LogP contribution in [0.3, 0.4) is 0 Å². The van der Waals surface area contributed by atoms with E-state index in [2.05, 4.69) is 5.10 Å². The van der Waals surface area contributed by atoms with Crippen LogP contribution in [0.4, 0.5) is 0 Å². The third-order valence-corrected chi connectivity index (χ3v) is 3.22. The first-order valence-corrected chi connectivity index (χ1v) is 7.17. The van der Waals surface area contributed by atoms with E-state index in [1.54, 1.807) is 13.1 Å². The number of nitrogens with zero attached hydrogens (tertiary/aromatic N) is 2. The molecule has 0 saturated heterocycles. The molecule has 0 saturated carbocycles. The number of hydrogen-bond donors (Lipinski definition) is 0. The molecule has 0 aliphatic carbocycles. The maximum atomic E-state index is 12.2. The van der Waals surface area contributed by atoms with Gasteiger partial charge in [-0.15, -0.1) is 0 Å². The zero-order valence-corrected chi connectivity index (χ0v) is 13.3. The highest BCUT2D eigenvalue weighted by Crippen LogP contribution is 2.26. The Morgan fingerprint density at radius 1 is 1.24 bits per heavy atom. The number of carbonyl (C=O) groups is 1. The Hall–Kier alpha value is -2.10. The lowest BCUT2D eigenvalue weighted by Crippen LogP contribution is -2.22. The normalized spacial score (nSPS) is 11.5. The summed E-state index contributed by atoms with van der Waals surface area (Å²) in [5, 5.41) is 4.60.